The van der Waals surface area contributed by atoms with E-state index in [1.165, 1.54) is 0 Å². The molecule has 3 heteroatoms. The fraction of sp³-hybridized carbons (Fsp3) is 0.375. The van der Waals surface area contributed by atoms with Crippen LogP contribution in [0.1, 0.15) is 17.5 Å². The molecule has 0 saturated carbocycles. The molecule has 0 aliphatic carbocycles. The number of fused-ring (bicyclic) bond motifs is 1. The van der Waals surface area contributed by atoms with Crippen LogP contribution in [0.3, 0.4) is 0 Å². The lowest BCUT2D eigenvalue weighted by molar-refractivity contribution is 0.281. The SMILES string of the molecule is ClC1CCOc2cccnc21. The molecule has 2 rings (SSSR count). The first-order valence-corrected chi connectivity index (χ1v) is 4.03. The molecule has 11 heavy (non-hydrogen) atoms. The minimum atomic E-state index is 0.0277. The molecule has 0 amide bonds. The highest BCUT2D eigenvalue weighted by Crippen LogP contribution is 2.33. The first-order valence-electron chi connectivity index (χ1n) is 3.60. The quantitative estimate of drug-likeness (QED) is 0.556. The fourth-order valence-corrected chi connectivity index (χ4v) is 1.42. The summed E-state index contributed by atoms with van der Waals surface area (Å²) < 4.78 is 5.35. The van der Waals surface area contributed by atoms with E-state index in [0.717, 1.165) is 17.9 Å². The molecule has 58 valence electrons. The number of hydrogen-bond acceptors (Lipinski definition) is 2. The monoisotopic (exact) mass is 169 g/mol. The van der Waals surface area contributed by atoms with Gasteiger partial charge in [0.25, 0.3) is 0 Å². The summed E-state index contributed by atoms with van der Waals surface area (Å²) in [5.74, 6) is 0.832. The first kappa shape index (κ1) is 6.92. The number of pyridine rings is 1. The number of nitrogens with zero attached hydrogens (tertiary/aromatic N) is 1. The van der Waals surface area contributed by atoms with E-state index in [9.17, 15) is 0 Å². The number of rotatable bonds is 0. The molecule has 2 heterocycles. The van der Waals surface area contributed by atoms with Gasteiger partial charge < -0.3 is 4.74 Å². The molecule has 0 bridgehead atoms. The molecule has 0 aromatic carbocycles. The third-order valence-electron chi connectivity index (χ3n) is 1.73. The third kappa shape index (κ3) is 1.18. The van der Waals surface area contributed by atoms with E-state index in [1.807, 2.05) is 12.1 Å². The number of alkyl halides is 1. The summed E-state index contributed by atoms with van der Waals surface area (Å²) in [6, 6.07) is 3.75. The summed E-state index contributed by atoms with van der Waals surface area (Å²) >= 11 is 6.00. The molecule has 0 fully saturated rings. The normalized spacial score (nSPS) is 22.1. The van der Waals surface area contributed by atoms with E-state index < -0.39 is 0 Å². The molecule has 0 saturated heterocycles. The van der Waals surface area contributed by atoms with Gasteiger partial charge >= 0.3 is 0 Å². The van der Waals surface area contributed by atoms with Crippen LogP contribution in [0.15, 0.2) is 18.3 Å². The standard InChI is InChI=1S/C8H8ClNO/c9-6-3-5-11-7-2-1-4-10-8(6)7/h1-2,4,6H,3,5H2. The zero-order valence-corrected chi connectivity index (χ0v) is 6.71. The van der Waals surface area contributed by atoms with Gasteiger partial charge in [0.05, 0.1) is 12.0 Å². The van der Waals surface area contributed by atoms with Crippen LogP contribution < -0.4 is 4.74 Å². The number of hydrogen-bond donors (Lipinski definition) is 0. The fourth-order valence-electron chi connectivity index (χ4n) is 1.17. The van der Waals surface area contributed by atoms with Gasteiger partial charge in [-0.25, -0.2) is 0 Å². The van der Waals surface area contributed by atoms with E-state index in [2.05, 4.69) is 4.98 Å². The lowest BCUT2D eigenvalue weighted by Gasteiger charge is -2.19. The maximum atomic E-state index is 6.00. The van der Waals surface area contributed by atoms with Gasteiger partial charge in [0, 0.05) is 12.6 Å². The number of aromatic nitrogens is 1. The van der Waals surface area contributed by atoms with Crippen LogP contribution in [0.2, 0.25) is 0 Å². The molecule has 1 aromatic heterocycles. The largest absolute Gasteiger partial charge is 0.492 e. The second-order valence-electron chi connectivity index (χ2n) is 2.49. The van der Waals surface area contributed by atoms with Crippen molar-refractivity contribution in [2.75, 3.05) is 6.61 Å². The molecular weight excluding hydrogens is 162 g/mol. The van der Waals surface area contributed by atoms with E-state index in [-0.39, 0.29) is 5.38 Å². The Labute approximate surface area is 70.2 Å². The van der Waals surface area contributed by atoms with Crippen molar-refractivity contribution >= 4 is 11.6 Å². The van der Waals surface area contributed by atoms with Crippen molar-refractivity contribution in [3.63, 3.8) is 0 Å². The average Bonchev–Trinajstić information content (AvgIpc) is 2.06. The Morgan fingerprint density at radius 1 is 1.64 bits per heavy atom. The molecule has 1 unspecified atom stereocenters. The van der Waals surface area contributed by atoms with Gasteiger partial charge in [-0.2, -0.15) is 0 Å². The zero-order chi connectivity index (χ0) is 7.68. The highest BCUT2D eigenvalue weighted by atomic mass is 35.5. The van der Waals surface area contributed by atoms with Crippen molar-refractivity contribution < 1.29 is 4.74 Å². The smallest absolute Gasteiger partial charge is 0.142 e. The van der Waals surface area contributed by atoms with Crippen LogP contribution >= 0.6 is 11.6 Å². The van der Waals surface area contributed by atoms with Gasteiger partial charge in [-0.15, -0.1) is 11.6 Å². The molecule has 2 nitrogen and oxygen atoms in total. The molecule has 0 N–H and O–H groups in total. The molecular formula is C8H8ClNO. The zero-order valence-electron chi connectivity index (χ0n) is 5.96. The summed E-state index contributed by atoms with van der Waals surface area (Å²) in [6.07, 6.45) is 2.59. The van der Waals surface area contributed by atoms with Gasteiger partial charge in [0.1, 0.15) is 11.4 Å². The summed E-state index contributed by atoms with van der Waals surface area (Å²) in [6.45, 7) is 0.701. The molecule has 0 radical (unpaired) electrons. The van der Waals surface area contributed by atoms with Crippen molar-refractivity contribution in [3.05, 3.63) is 24.0 Å². The second-order valence-corrected chi connectivity index (χ2v) is 3.02. The molecule has 1 aliphatic rings. The third-order valence-corrected chi connectivity index (χ3v) is 2.15. The van der Waals surface area contributed by atoms with Crippen molar-refractivity contribution in [2.24, 2.45) is 0 Å². The van der Waals surface area contributed by atoms with Crippen LogP contribution in [-0.4, -0.2) is 11.6 Å². The van der Waals surface area contributed by atoms with Crippen molar-refractivity contribution in [1.29, 1.82) is 0 Å². The Balaban J connectivity index is 2.44. The second kappa shape index (κ2) is 2.70. The van der Waals surface area contributed by atoms with Crippen LogP contribution in [0.4, 0.5) is 0 Å². The van der Waals surface area contributed by atoms with E-state index in [0.29, 0.717) is 6.61 Å². The van der Waals surface area contributed by atoms with E-state index in [1.54, 1.807) is 6.20 Å². The predicted octanol–water partition coefficient (Wildman–Crippen LogP) is 2.14. The van der Waals surface area contributed by atoms with Crippen molar-refractivity contribution in [3.8, 4) is 5.75 Å². The van der Waals surface area contributed by atoms with Crippen LogP contribution in [0.25, 0.3) is 0 Å². The summed E-state index contributed by atoms with van der Waals surface area (Å²) in [5, 5.41) is 0.0277. The van der Waals surface area contributed by atoms with E-state index in [4.69, 9.17) is 16.3 Å². The lowest BCUT2D eigenvalue weighted by atomic mass is 10.1. The van der Waals surface area contributed by atoms with Crippen LogP contribution in [0, 0.1) is 0 Å². The van der Waals surface area contributed by atoms with Gasteiger partial charge in [-0.1, -0.05) is 0 Å². The van der Waals surface area contributed by atoms with Crippen LogP contribution in [-0.2, 0) is 0 Å². The van der Waals surface area contributed by atoms with Gasteiger partial charge in [0.2, 0.25) is 0 Å². The number of halogens is 1. The Hall–Kier alpha value is -0.760. The molecule has 1 aromatic rings. The van der Waals surface area contributed by atoms with Crippen molar-refractivity contribution in [1.82, 2.24) is 4.98 Å². The minimum absolute atomic E-state index is 0.0277. The van der Waals surface area contributed by atoms with Crippen LogP contribution in [0.5, 0.6) is 5.75 Å². The van der Waals surface area contributed by atoms with Crippen molar-refractivity contribution in [2.45, 2.75) is 11.8 Å². The Morgan fingerprint density at radius 3 is 3.36 bits per heavy atom. The Kier molecular flexibility index (Phi) is 1.70. The van der Waals surface area contributed by atoms with E-state index >= 15 is 0 Å². The molecule has 1 atom stereocenters. The summed E-state index contributed by atoms with van der Waals surface area (Å²) in [5.41, 5.74) is 0.875. The van der Waals surface area contributed by atoms with Gasteiger partial charge in [-0.05, 0) is 12.1 Å². The maximum absolute atomic E-state index is 6.00. The lowest BCUT2D eigenvalue weighted by Crippen LogP contribution is -2.11. The molecule has 0 spiro atoms. The highest BCUT2D eigenvalue weighted by molar-refractivity contribution is 6.20. The van der Waals surface area contributed by atoms with Gasteiger partial charge in [0.15, 0.2) is 0 Å². The summed E-state index contributed by atoms with van der Waals surface area (Å²) in [4.78, 5) is 4.14. The Bertz CT molecular complexity index is 264. The average molecular weight is 170 g/mol. The number of ether oxygens (including phenoxy) is 1. The first-order chi connectivity index (χ1) is 5.38. The highest BCUT2D eigenvalue weighted by Gasteiger charge is 2.19. The van der Waals surface area contributed by atoms with Gasteiger partial charge in [-0.3, -0.25) is 4.98 Å². The molecule has 1 aliphatic heterocycles. The topological polar surface area (TPSA) is 22.1 Å². The summed E-state index contributed by atoms with van der Waals surface area (Å²) in [7, 11) is 0. The minimum Gasteiger partial charge on any atom is -0.492 e. The maximum Gasteiger partial charge on any atom is 0.142 e. The predicted molar refractivity (Wildman–Crippen MR) is 42.9 cm³/mol. The Morgan fingerprint density at radius 2 is 2.55 bits per heavy atom.